The van der Waals surface area contributed by atoms with Crippen LogP contribution in [0.5, 0.6) is 0 Å². The lowest BCUT2D eigenvalue weighted by Crippen LogP contribution is -2.28. The molecule has 1 rings (SSSR count). The summed E-state index contributed by atoms with van der Waals surface area (Å²) in [5.74, 6) is 2.08. The van der Waals surface area contributed by atoms with E-state index >= 15 is 0 Å². The van der Waals surface area contributed by atoms with Crippen LogP contribution in [0.25, 0.3) is 0 Å². The van der Waals surface area contributed by atoms with Crippen LogP contribution in [0.4, 0.5) is 0 Å². The van der Waals surface area contributed by atoms with E-state index in [1.807, 2.05) is 0 Å². The van der Waals surface area contributed by atoms with Gasteiger partial charge in [-0.05, 0) is 49.9 Å². The Morgan fingerprint density at radius 2 is 1.87 bits per heavy atom. The van der Waals surface area contributed by atoms with Crippen LogP contribution in [-0.2, 0) is 4.43 Å². The molecule has 1 aliphatic carbocycles. The van der Waals surface area contributed by atoms with Crippen LogP contribution >= 0.6 is 0 Å². The van der Waals surface area contributed by atoms with Gasteiger partial charge in [0.2, 0.25) is 8.32 Å². The topological polar surface area (TPSA) is 9.23 Å². The Kier molecular flexibility index (Phi) is 3.70. The lowest BCUT2D eigenvalue weighted by molar-refractivity contribution is 0.206. The molecule has 1 atom stereocenters. The van der Waals surface area contributed by atoms with Gasteiger partial charge in [-0.2, -0.15) is 0 Å². The van der Waals surface area contributed by atoms with Gasteiger partial charge in [0, 0.05) is 6.42 Å². The molecule has 0 N–H and O–H groups in total. The molecular formula is C13H26OSi. The van der Waals surface area contributed by atoms with Crippen LogP contribution in [0.15, 0.2) is 11.8 Å². The van der Waals surface area contributed by atoms with Crippen molar-refractivity contribution < 1.29 is 4.43 Å². The van der Waals surface area contributed by atoms with E-state index in [4.69, 9.17) is 4.43 Å². The molecule has 0 aromatic heterocycles. The fourth-order valence-electron chi connectivity index (χ4n) is 2.08. The number of allylic oxidation sites excluding steroid dienone is 2. The molecule has 0 unspecified atom stereocenters. The van der Waals surface area contributed by atoms with Gasteiger partial charge >= 0.3 is 0 Å². The van der Waals surface area contributed by atoms with Crippen LogP contribution in [0.2, 0.25) is 19.6 Å². The van der Waals surface area contributed by atoms with Crippen molar-refractivity contribution in [2.45, 2.75) is 59.7 Å². The van der Waals surface area contributed by atoms with Crippen LogP contribution in [0.3, 0.4) is 0 Å². The maximum absolute atomic E-state index is 6.04. The zero-order valence-corrected chi connectivity index (χ0v) is 12.2. The first-order valence-corrected chi connectivity index (χ1v) is 9.47. The van der Waals surface area contributed by atoms with Gasteiger partial charge in [-0.15, -0.1) is 0 Å². The molecule has 0 saturated heterocycles. The smallest absolute Gasteiger partial charge is 0.241 e. The van der Waals surface area contributed by atoms with E-state index in [1.54, 1.807) is 0 Å². The van der Waals surface area contributed by atoms with Crippen LogP contribution < -0.4 is 0 Å². The number of rotatable bonds is 2. The average Bonchev–Trinajstić information content (AvgIpc) is 2.00. The lowest BCUT2D eigenvalue weighted by Gasteiger charge is -2.34. The molecule has 0 radical (unpaired) electrons. The molecule has 0 amide bonds. The summed E-state index contributed by atoms with van der Waals surface area (Å²) >= 11 is 0. The molecule has 0 heterocycles. The quantitative estimate of drug-likeness (QED) is 0.627. The monoisotopic (exact) mass is 226 g/mol. The minimum absolute atomic E-state index is 0.446. The summed E-state index contributed by atoms with van der Waals surface area (Å²) in [6.45, 7) is 13.8. The van der Waals surface area contributed by atoms with Crippen molar-refractivity contribution in [1.29, 1.82) is 0 Å². The third-order valence-electron chi connectivity index (χ3n) is 3.03. The first kappa shape index (κ1) is 12.8. The standard InChI is InChI=1S/C13H26OSi/c1-13(2,3)11-7-9-12(10-8-11)14-15(4,5)6/h9,11H,7-8,10H2,1-6H3/t11-/m1/s1. The zero-order valence-electron chi connectivity index (χ0n) is 11.2. The fourth-order valence-corrected chi connectivity index (χ4v) is 3.05. The maximum Gasteiger partial charge on any atom is 0.241 e. The van der Waals surface area contributed by atoms with Gasteiger partial charge < -0.3 is 4.43 Å². The highest BCUT2D eigenvalue weighted by atomic mass is 28.4. The number of hydrogen-bond donors (Lipinski definition) is 0. The van der Waals surface area contributed by atoms with Gasteiger partial charge in [-0.3, -0.25) is 0 Å². The van der Waals surface area contributed by atoms with Crippen LogP contribution in [-0.4, -0.2) is 8.32 Å². The molecule has 0 aliphatic heterocycles. The van der Waals surface area contributed by atoms with E-state index in [-0.39, 0.29) is 0 Å². The summed E-state index contributed by atoms with van der Waals surface area (Å²) in [6, 6.07) is 0. The maximum atomic E-state index is 6.04. The van der Waals surface area contributed by atoms with E-state index < -0.39 is 8.32 Å². The second kappa shape index (κ2) is 4.32. The Labute approximate surface area is 96.0 Å². The summed E-state index contributed by atoms with van der Waals surface area (Å²) in [5, 5.41) is 0. The third-order valence-corrected chi connectivity index (χ3v) is 3.91. The minimum Gasteiger partial charge on any atom is -0.548 e. The fraction of sp³-hybridized carbons (Fsp3) is 0.846. The summed E-state index contributed by atoms with van der Waals surface area (Å²) < 4.78 is 6.04. The molecular weight excluding hydrogens is 200 g/mol. The molecule has 0 aromatic rings. The van der Waals surface area contributed by atoms with Crippen molar-refractivity contribution in [3.63, 3.8) is 0 Å². The molecule has 1 aliphatic rings. The van der Waals surface area contributed by atoms with E-state index in [0.717, 1.165) is 12.3 Å². The van der Waals surface area contributed by atoms with Crippen molar-refractivity contribution in [3.8, 4) is 0 Å². The second-order valence-corrected chi connectivity index (χ2v) is 11.2. The first-order valence-electron chi connectivity index (χ1n) is 6.06. The van der Waals surface area contributed by atoms with Crippen molar-refractivity contribution in [3.05, 3.63) is 11.8 Å². The molecule has 0 aromatic carbocycles. The normalized spacial score (nSPS) is 23.6. The summed E-state index contributed by atoms with van der Waals surface area (Å²) in [5.41, 5.74) is 0.446. The second-order valence-electron chi connectivity index (χ2n) is 6.72. The third kappa shape index (κ3) is 4.41. The van der Waals surface area contributed by atoms with Crippen molar-refractivity contribution in [2.24, 2.45) is 11.3 Å². The Balaban J connectivity index is 2.53. The molecule has 0 saturated carbocycles. The van der Waals surface area contributed by atoms with Gasteiger partial charge in [-0.1, -0.05) is 20.8 Å². The van der Waals surface area contributed by atoms with Crippen molar-refractivity contribution in [2.75, 3.05) is 0 Å². The Hall–Kier alpha value is -0.243. The Morgan fingerprint density at radius 3 is 2.20 bits per heavy atom. The molecule has 1 nitrogen and oxygen atoms in total. The largest absolute Gasteiger partial charge is 0.548 e. The lowest BCUT2D eigenvalue weighted by atomic mass is 9.74. The van der Waals surface area contributed by atoms with Gasteiger partial charge in [0.05, 0.1) is 5.76 Å². The Bertz CT molecular complexity index is 242. The average molecular weight is 226 g/mol. The predicted octanol–water partition coefficient (Wildman–Crippen LogP) is 4.57. The highest BCUT2D eigenvalue weighted by molar-refractivity contribution is 6.70. The number of hydrogen-bond acceptors (Lipinski definition) is 1. The van der Waals surface area contributed by atoms with Crippen molar-refractivity contribution in [1.82, 2.24) is 0 Å². The summed E-state index contributed by atoms with van der Waals surface area (Å²) in [6.07, 6.45) is 5.97. The highest BCUT2D eigenvalue weighted by Crippen LogP contribution is 2.37. The summed E-state index contributed by atoms with van der Waals surface area (Å²) in [7, 11) is -1.38. The van der Waals surface area contributed by atoms with E-state index in [0.29, 0.717) is 5.41 Å². The van der Waals surface area contributed by atoms with Crippen molar-refractivity contribution >= 4 is 8.32 Å². The van der Waals surface area contributed by atoms with E-state index in [2.05, 4.69) is 46.5 Å². The van der Waals surface area contributed by atoms with Crippen LogP contribution in [0.1, 0.15) is 40.0 Å². The highest BCUT2D eigenvalue weighted by Gasteiger charge is 2.28. The van der Waals surface area contributed by atoms with Gasteiger partial charge in [-0.25, -0.2) is 0 Å². The molecule has 0 bridgehead atoms. The van der Waals surface area contributed by atoms with Crippen LogP contribution in [0, 0.1) is 11.3 Å². The van der Waals surface area contributed by atoms with Gasteiger partial charge in [0.25, 0.3) is 0 Å². The predicted molar refractivity (Wildman–Crippen MR) is 69.3 cm³/mol. The molecule has 2 heteroatoms. The zero-order chi connectivity index (χ0) is 11.7. The van der Waals surface area contributed by atoms with Gasteiger partial charge in [0.15, 0.2) is 0 Å². The van der Waals surface area contributed by atoms with E-state index in [9.17, 15) is 0 Å². The van der Waals surface area contributed by atoms with Gasteiger partial charge in [0.1, 0.15) is 0 Å². The van der Waals surface area contributed by atoms with E-state index in [1.165, 1.54) is 18.6 Å². The molecule has 0 fully saturated rings. The minimum atomic E-state index is -1.38. The summed E-state index contributed by atoms with van der Waals surface area (Å²) in [4.78, 5) is 0. The first-order chi connectivity index (χ1) is 6.68. The Morgan fingerprint density at radius 1 is 1.27 bits per heavy atom. The molecule has 88 valence electrons. The SMILES string of the molecule is CC(C)(C)[C@@H]1CC=C(O[Si](C)(C)C)CC1. The molecule has 15 heavy (non-hydrogen) atoms. The molecule has 0 spiro atoms.